The smallest absolute Gasteiger partial charge is 0.230 e. The second kappa shape index (κ2) is 7.85. The Kier molecular flexibility index (Phi) is 5.35. The van der Waals surface area contributed by atoms with Crippen LogP contribution in [0.15, 0.2) is 41.3 Å². The topological polar surface area (TPSA) is 80.9 Å². The van der Waals surface area contributed by atoms with Crippen LogP contribution < -0.4 is 5.32 Å². The van der Waals surface area contributed by atoms with E-state index in [4.69, 9.17) is 4.42 Å². The van der Waals surface area contributed by atoms with Crippen molar-refractivity contribution in [2.24, 2.45) is 0 Å². The number of oxazole rings is 1. The van der Waals surface area contributed by atoms with Crippen molar-refractivity contribution in [3.8, 4) is 0 Å². The van der Waals surface area contributed by atoms with Crippen molar-refractivity contribution < 1.29 is 9.21 Å². The van der Waals surface area contributed by atoms with E-state index in [1.807, 2.05) is 18.2 Å². The van der Waals surface area contributed by atoms with Gasteiger partial charge >= 0.3 is 0 Å². The Morgan fingerprint density at radius 2 is 2.16 bits per heavy atom. The number of nitrogens with zero attached hydrogens (tertiary/aromatic N) is 3. The maximum Gasteiger partial charge on any atom is 0.230 e. The van der Waals surface area contributed by atoms with Crippen molar-refractivity contribution in [3.05, 3.63) is 59.0 Å². The Hall–Kier alpha value is -2.80. The van der Waals surface area contributed by atoms with Gasteiger partial charge in [0.25, 0.3) is 0 Å². The van der Waals surface area contributed by atoms with E-state index in [2.05, 4.69) is 34.1 Å². The molecule has 0 spiro atoms. The minimum atomic E-state index is -0.118. The van der Waals surface area contributed by atoms with Crippen LogP contribution >= 0.6 is 11.3 Å². The van der Waals surface area contributed by atoms with Gasteiger partial charge in [-0.1, -0.05) is 31.3 Å². The average Bonchev–Trinajstić information content (AvgIpc) is 3.23. The molecule has 0 aromatic carbocycles. The third-order valence-electron chi connectivity index (χ3n) is 3.36. The fourth-order valence-corrected chi connectivity index (χ4v) is 2.81. The fraction of sp³-hybridized carbons (Fsp3) is 0.222. The molecular formula is C18H18N4O2S. The highest BCUT2D eigenvalue weighted by atomic mass is 32.1. The lowest BCUT2D eigenvalue weighted by atomic mass is 10.2. The Labute approximate surface area is 149 Å². The molecule has 0 aliphatic rings. The zero-order valence-corrected chi connectivity index (χ0v) is 14.8. The van der Waals surface area contributed by atoms with E-state index in [0.29, 0.717) is 16.9 Å². The van der Waals surface area contributed by atoms with E-state index in [9.17, 15) is 4.79 Å². The lowest BCUT2D eigenvalue weighted by Gasteiger charge is -2.00. The number of anilines is 1. The highest BCUT2D eigenvalue weighted by Crippen LogP contribution is 2.21. The standard InChI is InChI=1S/C18H18N4O2S/c1-12(2)15-11-20-17(24-15)6-5-14-10-21-18(25-14)22-16(23)8-13-4-3-7-19-9-13/h3-7,9-12H,8H2,1-2H3,(H,21,22,23)/b6-5+. The molecule has 6 nitrogen and oxygen atoms in total. The summed E-state index contributed by atoms with van der Waals surface area (Å²) >= 11 is 1.39. The zero-order chi connectivity index (χ0) is 17.6. The largest absolute Gasteiger partial charge is 0.442 e. The number of carbonyl (C=O) groups excluding carboxylic acids is 1. The summed E-state index contributed by atoms with van der Waals surface area (Å²) in [5, 5.41) is 3.35. The Morgan fingerprint density at radius 1 is 1.28 bits per heavy atom. The third kappa shape index (κ3) is 4.84. The van der Waals surface area contributed by atoms with Crippen LogP contribution in [0, 0.1) is 0 Å². The summed E-state index contributed by atoms with van der Waals surface area (Å²) < 4.78 is 5.62. The third-order valence-corrected chi connectivity index (χ3v) is 4.24. The predicted molar refractivity (Wildman–Crippen MR) is 98.2 cm³/mol. The predicted octanol–water partition coefficient (Wildman–Crippen LogP) is 4.00. The minimum absolute atomic E-state index is 0.118. The molecule has 0 aliphatic carbocycles. The molecule has 3 rings (SSSR count). The van der Waals surface area contributed by atoms with Crippen molar-refractivity contribution in [1.29, 1.82) is 0 Å². The van der Waals surface area contributed by atoms with E-state index in [-0.39, 0.29) is 12.3 Å². The van der Waals surface area contributed by atoms with E-state index in [0.717, 1.165) is 16.2 Å². The molecule has 0 fully saturated rings. The molecule has 0 bridgehead atoms. The number of hydrogen-bond acceptors (Lipinski definition) is 6. The first-order valence-corrected chi connectivity index (χ1v) is 8.70. The van der Waals surface area contributed by atoms with Gasteiger partial charge in [0.1, 0.15) is 5.76 Å². The number of pyridine rings is 1. The maximum absolute atomic E-state index is 12.0. The first-order chi connectivity index (χ1) is 12.1. The Morgan fingerprint density at radius 3 is 2.88 bits per heavy atom. The van der Waals surface area contributed by atoms with Gasteiger partial charge in [-0.05, 0) is 17.7 Å². The van der Waals surface area contributed by atoms with Gasteiger partial charge in [0.05, 0.1) is 12.6 Å². The zero-order valence-electron chi connectivity index (χ0n) is 14.0. The minimum Gasteiger partial charge on any atom is -0.442 e. The normalized spacial score (nSPS) is 11.3. The van der Waals surface area contributed by atoms with E-state index in [1.54, 1.807) is 30.9 Å². The molecule has 3 heterocycles. The number of hydrogen-bond donors (Lipinski definition) is 1. The number of rotatable bonds is 6. The monoisotopic (exact) mass is 354 g/mol. The molecule has 128 valence electrons. The average molecular weight is 354 g/mol. The van der Waals surface area contributed by atoms with Gasteiger partial charge in [0, 0.05) is 35.5 Å². The van der Waals surface area contributed by atoms with Crippen molar-refractivity contribution >= 4 is 34.5 Å². The number of nitrogens with one attached hydrogen (secondary N) is 1. The molecule has 3 aromatic heterocycles. The van der Waals surface area contributed by atoms with Gasteiger partial charge in [-0.2, -0.15) is 0 Å². The lowest BCUT2D eigenvalue weighted by molar-refractivity contribution is -0.115. The van der Waals surface area contributed by atoms with Crippen molar-refractivity contribution in [2.75, 3.05) is 5.32 Å². The van der Waals surface area contributed by atoms with E-state index in [1.165, 1.54) is 11.3 Å². The number of amides is 1. The molecule has 3 aromatic rings. The van der Waals surface area contributed by atoms with Crippen molar-refractivity contribution in [2.45, 2.75) is 26.2 Å². The summed E-state index contributed by atoms with van der Waals surface area (Å²) in [5.74, 6) is 1.60. The molecule has 25 heavy (non-hydrogen) atoms. The molecule has 0 unspecified atom stereocenters. The lowest BCUT2D eigenvalue weighted by Crippen LogP contribution is -2.14. The van der Waals surface area contributed by atoms with Crippen LogP contribution in [-0.2, 0) is 11.2 Å². The number of thiazole rings is 1. The van der Waals surface area contributed by atoms with Gasteiger partial charge in [0.2, 0.25) is 11.8 Å². The first-order valence-electron chi connectivity index (χ1n) is 7.88. The van der Waals surface area contributed by atoms with Crippen LogP contribution in [0.1, 0.15) is 41.9 Å². The van der Waals surface area contributed by atoms with Crippen LogP contribution in [0.5, 0.6) is 0 Å². The second-order valence-corrected chi connectivity index (χ2v) is 6.81. The molecular weight excluding hydrogens is 336 g/mol. The van der Waals surface area contributed by atoms with E-state index >= 15 is 0 Å². The molecule has 7 heteroatoms. The quantitative estimate of drug-likeness (QED) is 0.723. The summed E-state index contributed by atoms with van der Waals surface area (Å²) in [6.07, 6.45) is 10.7. The molecule has 0 aliphatic heterocycles. The van der Waals surface area contributed by atoms with Crippen molar-refractivity contribution in [3.63, 3.8) is 0 Å². The summed E-state index contributed by atoms with van der Waals surface area (Å²) in [7, 11) is 0. The summed E-state index contributed by atoms with van der Waals surface area (Å²) in [5.41, 5.74) is 0.863. The van der Waals surface area contributed by atoms with Gasteiger partial charge in [-0.3, -0.25) is 9.78 Å². The SMILES string of the molecule is CC(C)c1cnc(/C=C/c2cnc(NC(=O)Cc3cccnc3)s2)o1. The second-order valence-electron chi connectivity index (χ2n) is 5.74. The van der Waals surface area contributed by atoms with Gasteiger partial charge < -0.3 is 9.73 Å². The summed E-state index contributed by atoms with van der Waals surface area (Å²) in [6, 6.07) is 3.67. The Bertz CT molecular complexity index is 868. The van der Waals surface area contributed by atoms with Crippen LogP contribution in [0.4, 0.5) is 5.13 Å². The molecule has 0 atom stereocenters. The molecule has 1 N–H and O–H groups in total. The summed E-state index contributed by atoms with van der Waals surface area (Å²) in [6.45, 7) is 4.11. The first kappa shape index (κ1) is 17.0. The van der Waals surface area contributed by atoms with E-state index < -0.39 is 0 Å². The summed E-state index contributed by atoms with van der Waals surface area (Å²) in [4.78, 5) is 25.3. The van der Waals surface area contributed by atoms with Gasteiger partial charge in [-0.15, -0.1) is 0 Å². The van der Waals surface area contributed by atoms with Crippen molar-refractivity contribution in [1.82, 2.24) is 15.0 Å². The van der Waals surface area contributed by atoms with Gasteiger partial charge in [-0.25, -0.2) is 9.97 Å². The number of carbonyl (C=O) groups is 1. The maximum atomic E-state index is 12.0. The van der Waals surface area contributed by atoms with Crippen LogP contribution in [-0.4, -0.2) is 20.9 Å². The molecule has 0 saturated carbocycles. The highest BCUT2D eigenvalue weighted by Gasteiger charge is 2.08. The van der Waals surface area contributed by atoms with Crippen LogP contribution in [0.3, 0.4) is 0 Å². The van der Waals surface area contributed by atoms with Gasteiger partial charge in [0.15, 0.2) is 5.13 Å². The Balaban J connectivity index is 1.58. The highest BCUT2D eigenvalue weighted by molar-refractivity contribution is 7.16. The fourth-order valence-electron chi connectivity index (χ4n) is 2.07. The molecule has 0 radical (unpaired) electrons. The van der Waals surface area contributed by atoms with Crippen LogP contribution in [0.25, 0.3) is 12.2 Å². The number of aromatic nitrogens is 3. The van der Waals surface area contributed by atoms with Crippen LogP contribution in [0.2, 0.25) is 0 Å². The molecule has 0 saturated heterocycles. The molecule has 1 amide bonds.